The molecule has 0 aliphatic rings. The Kier molecular flexibility index (Phi) is 6.42. The molecule has 0 aromatic heterocycles. The van der Waals surface area contributed by atoms with Crippen LogP contribution in [-0.4, -0.2) is 18.4 Å². The van der Waals surface area contributed by atoms with E-state index >= 15 is 0 Å². The lowest BCUT2D eigenvalue weighted by atomic mass is 10.1. The van der Waals surface area contributed by atoms with Crippen molar-refractivity contribution >= 4 is 40.5 Å². The molecule has 2 rings (SSSR count). The van der Waals surface area contributed by atoms with Crippen molar-refractivity contribution in [3.8, 4) is 0 Å². The Bertz CT molecular complexity index is 790. The van der Waals surface area contributed by atoms with E-state index in [-0.39, 0.29) is 18.4 Å². The zero-order valence-corrected chi connectivity index (χ0v) is 15.3. The molecule has 0 bridgehead atoms. The van der Waals surface area contributed by atoms with Gasteiger partial charge in [0.15, 0.2) is 0 Å². The Morgan fingerprint density at radius 1 is 1.00 bits per heavy atom. The number of carbonyl (C=O) groups excluding carboxylic acids is 2. The van der Waals surface area contributed by atoms with Crippen LogP contribution in [0.15, 0.2) is 36.4 Å². The van der Waals surface area contributed by atoms with Crippen LogP contribution in [0.3, 0.4) is 0 Å². The quantitative estimate of drug-likeness (QED) is 0.717. The monoisotopic (exact) mass is 359 g/mol. The van der Waals surface area contributed by atoms with Crippen molar-refractivity contribution in [2.24, 2.45) is 0 Å². The van der Waals surface area contributed by atoms with Gasteiger partial charge in [0.25, 0.3) is 0 Å². The first-order chi connectivity index (χ1) is 11.9. The van der Waals surface area contributed by atoms with Crippen LogP contribution in [0.25, 0.3) is 0 Å². The lowest BCUT2D eigenvalue weighted by Gasteiger charge is -2.13. The second-order valence-electron chi connectivity index (χ2n) is 5.75. The van der Waals surface area contributed by atoms with Crippen molar-refractivity contribution < 1.29 is 9.59 Å². The zero-order valence-electron chi connectivity index (χ0n) is 14.6. The number of carbonyl (C=O) groups is 2. The van der Waals surface area contributed by atoms with Crippen LogP contribution in [0.4, 0.5) is 17.1 Å². The number of amides is 2. The van der Waals surface area contributed by atoms with E-state index in [4.69, 9.17) is 11.6 Å². The van der Waals surface area contributed by atoms with Gasteiger partial charge in [0, 0.05) is 28.5 Å². The van der Waals surface area contributed by atoms with Crippen LogP contribution in [0.2, 0.25) is 5.02 Å². The summed E-state index contributed by atoms with van der Waals surface area (Å²) in [6, 6.07) is 11.0. The highest BCUT2D eigenvalue weighted by Crippen LogP contribution is 2.23. The smallest absolute Gasteiger partial charge is 0.243 e. The Labute approximate surface area is 152 Å². The van der Waals surface area contributed by atoms with Crippen molar-refractivity contribution in [3.63, 3.8) is 0 Å². The van der Waals surface area contributed by atoms with Gasteiger partial charge in [-0.15, -0.1) is 0 Å². The molecule has 0 radical (unpaired) electrons. The number of aryl methyl sites for hydroxylation is 1. The number of hydrogen-bond acceptors (Lipinski definition) is 3. The van der Waals surface area contributed by atoms with Crippen LogP contribution in [0.5, 0.6) is 0 Å². The van der Waals surface area contributed by atoms with Crippen LogP contribution < -0.4 is 16.0 Å². The largest absolute Gasteiger partial charge is 0.376 e. The molecule has 0 saturated carbocycles. The predicted molar refractivity (Wildman–Crippen MR) is 103 cm³/mol. The molecule has 0 spiro atoms. The molecule has 25 heavy (non-hydrogen) atoms. The number of nitrogens with one attached hydrogen (secondary N) is 3. The fourth-order valence-corrected chi connectivity index (χ4v) is 2.40. The molecule has 2 aromatic carbocycles. The average Bonchev–Trinajstić information content (AvgIpc) is 2.59. The molecular formula is C19H22ClN3O2. The normalized spacial score (nSPS) is 10.2. The Morgan fingerprint density at radius 2 is 1.72 bits per heavy atom. The number of rotatable bonds is 6. The Hall–Kier alpha value is -2.53. The number of hydrogen-bond donors (Lipinski definition) is 3. The van der Waals surface area contributed by atoms with Gasteiger partial charge in [0.2, 0.25) is 11.8 Å². The fourth-order valence-electron chi connectivity index (χ4n) is 2.22. The second kappa shape index (κ2) is 8.53. The molecule has 132 valence electrons. The summed E-state index contributed by atoms with van der Waals surface area (Å²) in [6.07, 6.45) is 0.415. The summed E-state index contributed by atoms with van der Waals surface area (Å²) in [6.45, 7) is 5.68. The molecule has 3 N–H and O–H groups in total. The summed E-state index contributed by atoms with van der Waals surface area (Å²) in [5, 5.41) is 9.35. The van der Waals surface area contributed by atoms with E-state index in [0.29, 0.717) is 17.1 Å². The maximum absolute atomic E-state index is 12.1. The number of halogens is 1. The van der Waals surface area contributed by atoms with E-state index in [2.05, 4.69) is 16.0 Å². The lowest BCUT2D eigenvalue weighted by molar-refractivity contribution is -0.116. The average molecular weight is 360 g/mol. The van der Waals surface area contributed by atoms with Gasteiger partial charge in [-0.25, -0.2) is 0 Å². The Balaban J connectivity index is 1.98. The highest BCUT2D eigenvalue weighted by Gasteiger charge is 2.08. The lowest BCUT2D eigenvalue weighted by Crippen LogP contribution is -2.22. The van der Waals surface area contributed by atoms with E-state index in [1.165, 1.54) is 0 Å². The summed E-state index contributed by atoms with van der Waals surface area (Å²) in [4.78, 5) is 23.7. The molecule has 0 fully saturated rings. The molecule has 0 heterocycles. The summed E-state index contributed by atoms with van der Waals surface area (Å²) in [5.41, 5.74) is 3.99. The summed E-state index contributed by atoms with van der Waals surface area (Å²) < 4.78 is 0. The van der Waals surface area contributed by atoms with Crippen LogP contribution >= 0.6 is 11.6 Å². The minimum absolute atomic E-state index is 0.0468. The molecule has 6 heteroatoms. The highest BCUT2D eigenvalue weighted by molar-refractivity contribution is 6.31. The van der Waals surface area contributed by atoms with Gasteiger partial charge in [-0.3, -0.25) is 9.59 Å². The van der Waals surface area contributed by atoms with Gasteiger partial charge < -0.3 is 16.0 Å². The third-order valence-corrected chi connectivity index (χ3v) is 4.24. The topological polar surface area (TPSA) is 70.2 Å². The standard InChI is InChI=1S/C19H22ClN3O2/c1-4-18(24)23-17-10-14(9-8-12(17)2)21-11-19(25)22-16-7-5-6-15(20)13(16)3/h5-10,21H,4,11H2,1-3H3,(H,22,25)(H,23,24). The third kappa shape index (κ3) is 5.22. The number of anilines is 3. The molecule has 5 nitrogen and oxygen atoms in total. The van der Waals surface area contributed by atoms with Crippen LogP contribution in [0, 0.1) is 13.8 Å². The van der Waals surface area contributed by atoms with Gasteiger partial charge >= 0.3 is 0 Å². The van der Waals surface area contributed by atoms with E-state index < -0.39 is 0 Å². The van der Waals surface area contributed by atoms with E-state index in [1.807, 2.05) is 38.1 Å². The van der Waals surface area contributed by atoms with Gasteiger partial charge in [0.05, 0.1) is 6.54 Å². The van der Waals surface area contributed by atoms with Crippen molar-refractivity contribution in [1.29, 1.82) is 0 Å². The molecule has 2 aromatic rings. The maximum Gasteiger partial charge on any atom is 0.243 e. The van der Waals surface area contributed by atoms with E-state index in [1.54, 1.807) is 19.1 Å². The first kappa shape index (κ1) is 18.8. The minimum atomic E-state index is -0.176. The maximum atomic E-state index is 12.1. The Morgan fingerprint density at radius 3 is 2.44 bits per heavy atom. The molecule has 0 saturated heterocycles. The summed E-state index contributed by atoms with van der Waals surface area (Å²) in [5.74, 6) is -0.223. The third-order valence-electron chi connectivity index (χ3n) is 3.83. The molecule has 0 unspecified atom stereocenters. The fraction of sp³-hybridized carbons (Fsp3) is 0.263. The van der Waals surface area contributed by atoms with Crippen molar-refractivity contribution in [1.82, 2.24) is 0 Å². The van der Waals surface area contributed by atoms with Gasteiger partial charge in [0.1, 0.15) is 0 Å². The van der Waals surface area contributed by atoms with Crippen molar-refractivity contribution in [2.75, 3.05) is 22.5 Å². The van der Waals surface area contributed by atoms with Gasteiger partial charge in [-0.1, -0.05) is 30.7 Å². The SMILES string of the molecule is CCC(=O)Nc1cc(NCC(=O)Nc2cccc(Cl)c2C)ccc1C. The zero-order chi connectivity index (χ0) is 18.4. The van der Waals surface area contributed by atoms with Gasteiger partial charge in [-0.05, 0) is 49.2 Å². The molecule has 0 aliphatic heterocycles. The van der Waals surface area contributed by atoms with Crippen molar-refractivity contribution in [3.05, 3.63) is 52.5 Å². The van der Waals surface area contributed by atoms with Crippen LogP contribution in [-0.2, 0) is 9.59 Å². The van der Waals surface area contributed by atoms with E-state index in [9.17, 15) is 9.59 Å². The summed E-state index contributed by atoms with van der Waals surface area (Å²) >= 11 is 6.05. The first-order valence-electron chi connectivity index (χ1n) is 8.10. The molecule has 0 aliphatic carbocycles. The minimum Gasteiger partial charge on any atom is -0.376 e. The summed E-state index contributed by atoms with van der Waals surface area (Å²) in [7, 11) is 0. The van der Waals surface area contributed by atoms with Crippen LogP contribution in [0.1, 0.15) is 24.5 Å². The van der Waals surface area contributed by atoms with Gasteiger partial charge in [-0.2, -0.15) is 0 Å². The van der Waals surface area contributed by atoms with E-state index in [0.717, 1.165) is 22.5 Å². The predicted octanol–water partition coefficient (Wildman–Crippen LogP) is 4.36. The number of benzene rings is 2. The molecular weight excluding hydrogens is 338 g/mol. The van der Waals surface area contributed by atoms with Crippen molar-refractivity contribution in [2.45, 2.75) is 27.2 Å². The highest BCUT2D eigenvalue weighted by atomic mass is 35.5. The molecule has 0 atom stereocenters. The first-order valence-corrected chi connectivity index (χ1v) is 8.48. The second-order valence-corrected chi connectivity index (χ2v) is 6.15. The molecule has 2 amide bonds.